The second kappa shape index (κ2) is 13.6. The Labute approximate surface area is 198 Å². The van der Waals surface area contributed by atoms with E-state index < -0.39 is 0 Å². The summed E-state index contributed by atoms with van der Waals surface area (Å²) >= 11 is 2.11. The maximum Gasteiger partial charge on any atom is 0.193 e. The van der Waals surface area contributed by atoms with Gasteiger partial charge in [0.1, 0.15) is 0 Å². The summed E-state index contributed by atoms with van der Waals surface area (Å²) in [6.45, 7) is 7.84. The van der Waals surface area contributed by atoms with Crippen LogP contribution in [0.3, 0.4) is 0 Å². The first-order chi connectivity index (χ1) is 13.8. The monoisotopic (exact) mass is 540 g/mol. The van der Waals surface area contributed by atoms with Gasteiger partial charge in [-0.2, -0.15) is 11.8 Å². The van der Waals surface area contributed by atoms with Crippen molar-refractivity contribution in [3.8, 4) is 0 Å². The molecule has 1 unspecified atom stereocenters. The second-order valence-corrected chi connectivity index (χ2v) is 9.68. The molecule has 1 saturated carbocycles. The van der Waals surface area contributed by atoms with Crippen LogP contribution in [0.4, 0.5) is 0 Å². The molecule has 6 nitrogen and oxygen atoms in total. The number of rotatable bonds is 8. The summed E-state index contributed by atoms with van der Waals surface area (Å²) < 4.78 is 10.8. The molecule has 8 heteroatoms. The van der Waals surface area contributed by atoms with E-state index in [-0.39, 0.29) is 24.0 Å². The Kier molecular flexibility index (Phi) is 12.0. The number of methoxy groups -OCH3 is 1. The lowest BCUT2D eigenvalue weighted by Crippen LogP contribution is -2.60. The molecule has 0 aromatic rings. The fourth-order valence-electron chi connectivity index (χ4n) is 4.98. The average molecular weight is 541 g/mol. The van der Waals surface area contributed by atoms with Gasteiger partial charge in [-0.25, -0.2) is 0 Å². The van der Waals surface area contributed by atoms with Crippen LogP contribution >= 0.6 is 35.7 Å². The Hall–Kier alpha value is 0.230. The van der Waals surface area contributed by atoms with Crippen LogP contribution < -0.4 is 5.32 Å². The number of nitrogens with one attached hydrogen (secondary N) is 1. The van der Waals surface area contributed by atoms with E-state index in [0.717, 1.165) is 32.2 Å². The molecule has 0 amide bonds. The molecule has 0 radical (unpaired) electrons. The highest BCUT2D eigenvalue weighted by molar-refractivity contribution is 14.0. The van der Waals surface area contributed by atoms with E-state index >= 15 is 0 Å². The predicted molar refractivity (Wildman–Crippen MR) is 134 cm³/mol. The normalized spacial score (nSPS) is 25.7. The largest absolute Gasteiger partial charge is 0.382 e. The zero-order chi connectivity index (χ0) is 19.7. The van der Waals surface area contributed by atoms with Crippen molar-refractivity contribution >= 4 is 41.7 Å². The molecular weight excluding hydrogens is 499 g/mol. The van der Waals surface area contributed by atoms with Crippen LogP contribution in [0.2, 0.25) is 0 Å². The van der Waals surface area contributed by atoms with Gasteiger partial charge in [0.15, 0.2) is 5.96 Å². The highest BCUT2D eigenvalue weighted by Gasteiger charge is 2.39. The van der Waals surface area contributed by atoms with E-state index in [9.17, 15) is 0 Å². The van der Waals surface area contributed by atoms with Gasteiger partial charge in [0, 0.05) is 69.8 Å². The van der Waals surface area contributed by atoms with Crippen molar-refractivity contribution in [1.29, 1.82) is 0 Å². The third-order valence-electron chi connectivity index (χ3n) is 6.62. The molecule has 0 spiro atoms. The Bertz CT molecular complexity index is 485. The van der Waals surface area contributed by atoms with E-state index in [4.69, 9.17) is 9.47 Å². The molecule has 0 aromatic heterocycles. The van der Waals surface area contributed by atoms with E-state index in [1.807, 2.05) is 7.05 Å². The molecule has 3 fully saturated rings. The summed E-state index contributed by atoms with van der Waals surface area (Å²) in [7, 11) is 3.65. The lowest BCUT2D eigenvalue weighted by atomic mass is 9.80. The Balaban J connectivity index is 0.00000300. The van der Waals surface area contributed by atoms with Gasteiger partial charge in [0.25, 0.3) is 0 Å². The van der Waals surface area contributed by atoms with Gasteiger partial charge in [0.2, 0.25) is 0 Å². The number of halogens is 1. The van der Waals surface area contributed by atoms with Crippen LogP contribution in [0.25, 0.3) is 0 Å². The van der Waals surface area contributed by atoms with Crippen molar-refractivity contribution in [2.75, 3.05) is 78.2 Å². The first-order valence-corrected chi connectivity index (χ1v) is 12.3. The number of thioether (sulfide) groups is 1. The molecule has 1 atom stereocenters. The first-order valence-electron chi connectivity index (χ1n) is 11.1. The van der Waals surface area contributed by atoms with E-state index in [1.54, 1.807) is 7.11 Å². The van der Waals surface area contributed by atoms with Gasteiger partial charge < -0.3 is 19.7 Å². The number of aliphatic imine (C=N–C) groups is 1. The van der Waals surface area contributed by atoms with Crippen LogP contribution in [-0.2, 0) is 9.47 Å². The van der Waals surface area contributed by atoms with Crippen molar-refractivity contribution < 1.29 is 9.47 Å². The summed E-state index contributed by atoms with van der Waals surface area (Å²) in [5.74, 6) is 4.25. The van der Waals surface area contributed by atoms with Crippen molar-refractivity contribution in [2.24, 2.45) is 10.9 Å². The van der Waals surface area contributed by atoms with Gasteiger partial charge in [-0.05, 0) is 19.3 Å². The van der Waals surface area contributed by atoms with Crippen LogP contribution in [0, 0.1) is 5.92 Å². The van der Waals surface area contributed by atoms with Gasteiger partial charge in [0.05, 0.1) is 19.8 Å². The molecule has 3 aliphatic rings. The second-order valence-electron chi connectivity index (χ2n) is 8.45. The molecular formula is C21H41IN4O2S. The van der Waals surface area contributed by atoms with Crippen molar-refractivity contribution in [2.45, 2.75) is 44.1 Å². The van der Waals surface area contributed by atoms with Crippen LogP contribution in [0.5, 0.6) is 0 Å². The number of ether oxygens (including phenoxy) is 2. The topological polar surface area (TPSA) is 49.3 Å². The fourth-order valence-corrected chi connectivity index (χ4v) is 5.88. The molecule has 29 heavy (non-hydrogen) atoms. The van der Waals surface area contributed by atoms with Gasteiger partial charge in [-0.3, -0.25) is 9.89 Å². The van der Waals surface area contributed by atoms with E-state index in [0.29, 0.717) is 24.7 Å². The summed E-state index contributed by atoms with van der Waals surface area (Å²) in [4.78, 5) is 9.84. The number of guanidine groups is 1. The quantitative estimate of drug-likeness (QED) is 0.221. The summed E-state index contributed by atoms with van der Waals surface area (Å²) in [5, 5.41) is 3.78. The summed E-state index contributed by atoms with van der Waals surface area (Å²) in [6, 6.07) is 0. The van der Waals surface area contributed by atoms with Gasteiger partial charge in [-0.1, -0.05) is 19.3 Å². The zero-order valence-electron chi connectivity index (χ0n) is 18.4. The predicted octanol–water partition coefficient (Wildman–Crippen LogP) is 2.92. The van der Waals surface area contributed by atoms with Crippen LogP contribution in [0.1, 0.15) is 38.5 Å². The standard InChI is InChI=1S/C21H40N4O2S.HI/c1-22-20(24-9-6-19(16-24)17-27-13-12-26-2)23-18-21(7-4-3-5-8-21)25-10-14-28-15-11-25;/h19H,3-18H2,1-2H3,(H,22,23);1H. The molecule has 1 aliphatic carbocycles. The minimum absolute atomic E-state index is 0. The first kappa shape index (κ1) is 25.5. The zero-order valence-corrected chi connectivity index (χ0v) is 21.5. The van der Waals surface area contributed by atoms with Gasteiger partial charge in [-0.15, -0.1) is 24.0 Å². The summed E-state index contributed by atoms with van der Waals surface area (Å²) in [5.41, 5.74) is 0.331. The molecule has 1 N–H and O–H groups in total. The Morgan fingerprint density at radius 3 is 2.59 bits per heavy atom. The highest BCUT2D eigenvalue weighted by atomic mass is 127. The van der Waals surface area contributed by atoms with Crippen LogP contribution in [0.15, 0.2) is 4.99 Å². The molecule has 3 rings (SSSR count). The third-order valence-corrected chi connectivity index (χ3v) is 7.57. The Morgan fingerprint density at radius 1 is 1.14 bits per heavy atom. The number of likely N-dealkylation sites (tertiary alicyclic amines) is 1. The highest BCUT2D eigenvalue weighted by Crippen LogP contribution is 2.35. The molecule has 2 saturated heterocycles. The lowest BCUT2D eigenvalue weighted by Gasteiger charge is -2.48. The summed E-state index contributed by atoms with van der Waals surface area (Å²) in [6.07, 6.45) is 7.98. The minimum atomic E-state index is 0. The smallest absolute Gasteiger partial charge is 0.193 e. The maximum atomic E-state index is 5.75. The van der Waals surface area contributed by atoms with Crippen molar-refractivity contribution in [3.05, 3.63) is 0 Å². The number of hydrogen-bond donors (Lipinski definition) is 1. The third kappa shape index (κ3) is 7.40. The Morgan fingerprint density at radius 2 is 1.90 bits per heavy atom. The van der Waals surface area contributed by atoms with Crippen molar-refractivity contribution in [1.82, 2.24) is 15.1 Å². The molecule has 2 aliphatic heterocycles. The molecule has 2 heterocycles. The van der Waals surface area contributed by atoms with Crippen molar-refractivity contribution in [3.63, 3.8) is 0 Å². The molecule has 170 valence electrons. The van der Waals surface area contributed by atoms with Gasteiger partial charge >= 0.3 is 0 Å². The average Bonchev–Trinajstić information content (AvgIpc) is 3.22. The fraction of sp³-hybridized carbons (Fsp3) is 0.952. The molecule has 0 bridgehead atoms. The maximum absolute atomic E-state index is 5.75. The SMILES string of the molecule is CN=C(NCC1(N2CCSCC2)CCCCC1)N1CCC(COCCOC)C1.I. The minimum Gasteiger partial charge on any atom is -0.382 e. The van der Waals surface area contributed by atoms with E-state index in [2.05, 4.69) is 31.9 Å². The number of hydrogen-bond acceptors (Lipinski definition) is 5. The number of nitrogens with zero attached hydrogens (tertiary/aromatic N) is 3. The lowest BCUT2D eigenvalue weighted by molar-refractivity contribution is 0.0534. The molecule has 0 aromatic carbocycles. The van der Waals surface area contributed by atoms with E-state index in [1.165, 1.54) is 63.1 Å². The van der Waals surface area contributed by atoms with Crippen LogP contribution in [-0.4, -0.2) is 99.5 Å².